The number of amides is 2. The third-order valence-electron chi connectivity index (χ3n) is 3.62. The lowest BCUT2D eigenvalue weighted by atomic mass is 10.2. The average Bonchev–Trinajstić information content (AvgIpc) is 3.13. The van der Waals surface area contributed by atoms with Gasteiger partial charge in [0.25, 0.3) is 5.82 Å². The lowest BCUT2D eigenvalue weighted by Gasteiger charge is -2.31. The zero-order valence-electron chi connectivity index (χ0n) is 13.6. The highest BCUT2D eigenvalue weighted by Gasteiger charge is 2.37. The lowest BCUT2D eigenvalue weighted by molar-refractivity contribution is -0.144. The van der Waals surface area contributed by atoms with Crippen LogP contribution < -0.4 is 10.1 Å². The Morgan fingerprint density at radius 2 is 2.31 bits per heavy atom. The number of rotatable bonds is 3. The molecule has 1 atom stereocenters. The molecule has 2 aromatic rings. The van der Waals surface area contributed by atoms with Gasteiger partial charge in [-0.2, -0.15) is 13.2 Å². The maximum atomic E-state index is 12.6. The predicted molar refractivity (Wildman–Crippen MR) is 81.5 cm³/mol. The number of pyridine rings is 1. The highest BCUT2D eigenvalue weighted by molar-refractivity contribution is 5.90. The number of anilines is 1. The largest absolute Gasteiger partial charge is 0.480 e. The first-order chi connectivity index (χ1) is 12.4. The Morgan fingerprint density at radius 1 is 1.50 bits per heavy atom. The van der Waals surface area contributed by atoms with Crippen molar-refractivity contribution in [2.45, 2.75) is 12.3 Å². The van der Waals surface area contributed by atoms with E-state index in [2.05, 4.69) is 25.5 Å². The van der Waals surface area contributed by atoms with Crippen LogP contribution in [0.5, 0.6) is 5.88 Å². The second kappa shape index (κ2) is 7.15. The van der Waals surface area contributed by atoms with Crippen molar-refractivity contribution in [1.82, 2.24) is 25.1 Å². The molecule has 0 aliphatic carbocycles. The summed E-state index contributed by atoms with van der Waals surface area (Å²) in [6.07, 6.45) is -3.98. The monoisotopic (exact) mass is 372 g/mol. The summed E-state index contributed by atoms with van der Waals surface area (Å²) in [5, 5.41) is 8.00. The minimum atomic E-state index is -4.66. The van der Waals surface area contributed by atoms with E-state index in [-0.39, 0.29) is 31.4 Å². The van der Waals surface area contributed by atoms with Crippen molar-refractivity contribution < 1.29 is 27.4 Å². The Bertz CT molecular complexity index is 781. The maximum absolute atomic E-state index is 12.6. The van der Waals surface area contributed by atoms with Gasteiger partial charge in [-0.1, -0.05) is 0 Å². The number of hydrogen-bond acceptors (Lipinski definition) is 6. The number of hydrogen-bond donors (Lipinski definition) is 2. The summed E-state index contributed by atoms with van der Waals surface area (Å²) >= 11 is 0. The molecule has 1 saturated heterocycles. The first-order valence-corrected chi connectivity index (χ1v) is 7.54. The standard InChI is InChI=1S/C14H15F3N6O3/c1-25-11-8(3-2-4-18-11)19-13(24)23-5-6-26-9(7-23)10-20-12(22-21-10)14(15,16)17/h2-4,9H,5-7H2,1H3,(H,19,24)(H,20,21,22). The minimum Gasteiger partial charge on any atom is -0.480 e. The third kappa shape index (κ3) is 3.85. The molecule has 0 radical (unpaired) electrons. The normalized spacial score (nSPS) is 17.8. The lowest BCUT2D eigenvalue weighted by Crippen LogP contribution is -2.44. The maximum Gasteiger partial charge on any atom is 0.453 e. The van der Waals surface area contributed by atoms with Crippen molar-refractivity contribution in [2.75, 3.05) is 32.1 Å². The van der Waals surface area contributed by atoms with Gasteiger partial charge in [-0.3, -0.25) is 5.10 Å². The van der Waals surface area contributed by atoms with E-state index in [0.717, 1.165) is 0 Å². The minimum absolute atomic E-state index is 0.0148. The number of ether oxygens (including phenoxy) is 2. The molecule has 3 heterocycles. The van der Waals surface area contributed by atoms with E-state index in [4.69, 9.17) is 9.47 Å². The fourth-order valence-electron chi connectivity index (χ4n) is 2.39. The smallest absolute Gasteiger partial charge is 0.453 e. The van der Waals surface area contributed by atoms with E-state index in [9.17, 15) is 18.0 Å². The second-order valence-electron chi connectivity index (χ2n) is 5.34. The first kappa shape index (κ1) is 17.9. The van der Waals surface area contributed by atoms with E-state index in [1.807, 2.05) is 0 Å². The third-order valence-corrected chi connectivity index (χ3v) is 3.62. The van der Waals surface area contributed by atoms with Crippen molar-refractivity contribution in [2.24, 2.45) is 0 Å². The molecule has 140 valence electrons. The first-order valence-electron chi connectivity index (χ1n) is 7.54. The molecule has 1 aliphatic heterocycles. The summed E-state index contributed by atoms with van der Waals surface area (Å²) in [4.78, 5) is 21.2. The van der Waals surface area contributed by atoms with Crippen LogP contribution in [-0.2, 0) is 10.9 Å². The Morgan fingerprint density at radius 3 is 3.00 bits per heavy atom. The van der Waals surface area contributed by atoms with Gasteiger partial charge in [0, 0.05) is 12.7 Å². The van der Waals surface area contributed by atoms with Crippen molar-refractivity contribution >= 4 is 11.7 Å². The molecule has 0 bridgehead atoms. The van der Waals surface area contributed by atoms with Crippen LogP contribution in [0.1, 0.15) is 17.8 Å². The van der Waals surface area contributed by atoms with Crippen LogP contribution in [-0.4, -0.2) is 57.9 Å². The van der Waals surface area contributed by atoms with Crippen molar-refractivity contribution in [3.8, 4) is 5.88 Å². The molecule has 26 heavy (non-hydrogen) atoms. The Hall–Kier alpha value is -2.89. The Labute approximate surface area is 145 Å². The number of halogens is 3. The highest BCUT2D eigenvalue weighted by atomic mass is 19.4. The van der Waals surface area contributed by atoms with E-state index < -0.39 is 24.1 Å². The summed E-state index contributed by atoms with van der Waals surface area (Å²) in [6.45, 7) is 0.427. The number of aromatic amines is 1. The molecule has 0 spiro atoms. The van der Waals surface area contributed by atoms with Crippen molar-refractivity contribution in [3.63, 3.8) is 0 Å². The number of alkyl halides is 3. The number of urea groups is 1. The molecule has 0 aromatic carbocycles. The SMILES string of the molecule is COc1ncccc1NC(=O)N1CCOC(c2nc(C(F)(F)F)n[nH]2)C1. The number of carbonyl (C=O) groups excluding carboxylic acids is 1. The molecule has 2 N–H and O–H groups in total. The summed E-state index contributed by atoms with van der Waals surface area (Å²) in [5.74, 6) is -1.12. The molecule has 1 unspecified atom stereocenters. The number of H-pyrrole nitrogens is 1. The topological polar surface area (TPSA) is 105 Å². The van der Waals surface area contributed by atoms with Crippen LogP contribution in [0.3, 0.4) is 0 Å². The molecular formula is C14H15F3N6O3. The van der Waals surface area contributed by atoms with E-state index >= 15 is 0 Å². The quantitative estimate of drug-likeness (QED) is 0.852. The molecule has 2 amide bonds. The predicted octanol–water partition coefficient (Wildman–Crippen LogP) is 1.83. The van der Waals surface area contributed by atoms with E-state index in [1.54, 1.807) is 12.1 Å². The number of nitrogens with zero attached hydrogens (tertiary/aromatic N) is 4. The van der Waals surface area contributed by atoms with Crippen LogP contribution in [0.2, 0.25) is 0 Å². The zero-order chi connectivity index (χ0) is 18.7. The van der Waals surface area contributed by atoms with Crippen molar-refractivity contribution in [3.05, 3.63) is 30.0 Å². The molecule has 9 nitrogen and oxygen atoms in total. The summed E-state index contributed by atoms with van der Waals surface area (Å²) in [6, 6.07) is 2.79. The van der Waals surface area contributed by atoms with Gasteiger partial charge in [0.05, 0.1) is 20.3 Å². The van der Waals surface area contributed by atoms with E-state index in [0.29, 0.717) is 5.69 Å². The molecule has 1 aliphatic rings. The van der Waals surface area contributed by atoms with Crippen LogP contribution in [0.4, 0.5) is 23.7 Å². The molecule has 1 fully saturated rings. The van der Waals surface area contributed by atoms with Gasteiger partial charge in [-0.25, -0.2) is 14.8 Å². The number of nitrogens with one attached hydrogen (secondary N) is 2. The number of carbonyl (C=O) groups is 1. The molecular weight excluding hydrogens is 357 g/mol. The van der Waals surface area contributed by atoms with Gasteiger partial charge in [-0.05, 0) is 12.1 Å². The van der Waals surface area contributed by atoms with Gasteiger partial charge >= 0.3 is 12.2 Å². The van der Waals surface area contributed by atoms with Crippen LogP contribution >= 0.6 is 0 Å². The Kier molecular flexibility index (Phi) is 4.93. The summed E-state index contributed by atoms with van der Waals surface area (Å²) in [5.41, 5.74) is 0.377. The molecule has 3 rings (SSSR count). The number of aromatic nitrogens is 4. The van der Waals surface area contributed by atoms with Crippen LogP contribution in [0.15, 0.2) is 18.3 Å². The van der Waals surface area contributed by atoms with Gasteiger partial charge < -0.3 is 19.7 Å². The molecule has 12 heteroatoms. The number of methoxy groups -OCH3 is 1. The fourth-order valence-corrected chi connectivity index (χ4v) is 2.39. The van der Waals surface area contributed by atoms with Gasteiger partial charge in [-0.15, -0.1) is 5.10 Å². The Balaban J connectivity index is 1.68. The summed E-state index contributed by atoms with van der Waals surface area (Å²) in [7, 11) is 1.42. The average molecular weight is 372 g/mol. The fraction of sp³-hybridized carbons (Fsp3) is 0.429. The molecule has 0 saturated carbocycles. The number of morpholine rings is 1. The zero-order valence-corrected chi connectivity index (χ0v) is 13.6. The highest BCUT2D eigenvalue weighted by Crippen LogP contribution is 2.28. The van der Waals surface area contributed by atoms with Crippen molar-refractivity contribution in [1.29, 1.82) is 0 Å². The van der Waals surface area contributed by atoms with Gasteiger partial charge in [0.1, 0.15) is 11.8 Å². The molecule has 2 aromatic heterocycles. The van der Waals surface area contributed by atoms with Gasteiger partial charge in [0.15, 0.2) is 5.82 Å². The second-order valence-corrected chi connectivity index (χ2v) is 5.34. The van der Waals surface area contributed by atoms with Crippen LogP contribution in [0, 0.1) is 0 Å². The van der Waals surface area contributed by atoms with E-state index in [1.165, 1.54) is 18.2 Å². The van der Waals surface area contributed by atoms with Crippen LogP contribution in [0.25, 0.3) is 0 Å². The summed E-state index contributed by atoms with van der Waals surface area (Å²) < 4.78 is 48.3. The van der Waals surface area contributed by atoms with Gasteiger partial charge in [0.2, 0.25) is 5.88 Å².